The Bertz CT molecular complexity index is 610. The van der Waals surface area contributed by atoms with E-state index in [1.165, 1.54) is 12.1 Å². The molecular formula is C12H10O4. The van der Waals surface area contributed by atoms with Crippen molar-refractivity contribution in [2.75, 3.05) is 0 Å². The quantitative estimate of drug-likeness (QED) is 0.617. The first-order valence-corrected chi connectivity index (χ1v) is 4.90. The standard InChI is InChI=1S/C12H10O4/c1-2-7-3-8-4-10(14)9(6-13)5-11(8)16-12(7)15/h3-6,14H,2H2,1H3. The highest BCUT2D eigenvalue weighted by atomic mass is 16.4. The molecule has 0 fully saturated rings. The van der Waals surface area contributed by atoms with E-state index in [1.807, 2.05) is 6.92 Å². The lowest BCUT2D eigenvalue weighted by molar-refractivity contribution is 0.112. The summed E-state index contributed by atoms with van der Waals surface area (Å²) in [5.74, 6) is -0.113. The molecule has 2 rings (SSSR count). The number of aldehydes is 1. The Labute approximate surface area is 91.1 Å². The van der Waals surface area contributed by atoms with Gasteiger partial charge in [-0.2, -0.15) is 0 Å². The van der Waals surface area contributed by atoms with E-state index in [0.717, 1.165) is 0 Å². The number of phenolic OH excluding ortho intramolecular Hbond substituents is 1. The summed E-state index contributed by atoms with van der Waals surface area (Å²) in [4.78, 5) is 22.0. The van der Waals surface area contributed by atoms with Crippen molar-refractivity contribution in [2.24, 2.45) is 0 Å². The molecule has 0 spiro atoms. The molecule has 0 amide bonds. The van der Waals surface area contributed by atoms with Crippen LogP contribution in [0.15, 0.2) is 27.4 Å². The zero-order chi connectivity index (χ0) is 11.7. The van der Waals surface area contributed by atoms with Crippen LogP contribution < -0.4 is 5.63 Å². The number of fused-ring (bicyclic) bond motifs is 1. The largest absolute Gasteiger partial charge is 0.507 e. The molecule has 0 aliphatic carbocycles. The first-order valence-electron chi connectivity index (χ1n) is 4.90. The number of hydrogen-bond donors (Lipinski definition) is 1. The third-order valence-corrected chi connectivity index (χ3v) is 2.46. The predicted octanol–water partition coefficient (Wildman–Crippen LogP) is 1.87. The van der Waals surface area contributed by atoms with Gasteiger partial charge in [-0.25, -0.2) is 4.79 Å². The molecule has 0 saturated heterocycles. The van der Waals surface area contributed by atoms with Crippen LogP contribution in [-0.2, 0) is 6.42 Å². The maximum absolute atomic E-state index is 11.4. The Morgan fingerprint density at radius 3 is 2.75 bits per heavy atom. The van der Waals surface area contributed by atoms with Crippen molar-refractivity contribution in [1.82, 2.24) is 0 Å². The first kappa shape index (κ1) is 10.4. The normalized spacial score (nSPS) is 10.6. The van der Waals surface area contributed by atoms with Crippen LogP contribution >= 0.6 is 0 Å². The Kier molecular flexibility index (Phi) is 2.48. The van der Waals surface area contributed by atoms with Crippen molar-refractivity contribution < 1.29 is 14.3 Å². The number of benzene rings is 1. The Balaban J connectivity index is 2.81. The van der Waals surface area contributed by atoms with Crippen LogP contribution in [0.1, 0.15) is 22.8 Å². The summed E-state index contributed by atoms with van der Waals surface area (Å²) < 4.78 is 5.06. The maximum Gasteiger partial charge on any atom is 0.339 e. The van der Waals surface area contributed by atoms with E-state index in [9.17, 15) is 14.7 Å². The summed E-state index contributed by atoms with van der Waals surface area (Å²) in [6, 6.07) is 4.44. The minimum atomic E-state index is -0.405. The highest BCUT2D eigenvalue weighted by Crippen LogP contribution is 2.23. The molecule has 2 aromatic rings. The summed E-state index contributed by atoms with van der Waals surface area (Å²) in [5.41, 5.74) is 0.560. The van der Waals surface area contributed by atoms with E-state index in [1.54, 1.807) is 6.07 Å². The number of rotatable bonds is 2. The van der Waals surface area contributed by atoms with Gasteiger partial charge in [-0.1, -0.05) is 6.92 Å². The van der Waals surface area contributed by atoms with Crippen LogP contribution in [-0.4, -0.2) is 11.4 Å². The van der Waals surface area contributed by atoms with Gasteiger partial charge in [0.15, 0.2) is 6.29 Å². The monoisotopic (exact) mass is 218 g/mol. The molecule has 0 aliphatic heterocycles. The first-order chi connectivity index (χ1) is 7.65. The highest BCUT2D eigenvalue weighted by molar-refractivity contribution is 5.89. The molecule has 4 nitrogen and oxygen atoms in total. The molecule has 16 heavy (non-hydrogen) atoms. The molecule has 0 radical (unpaired) electrons. The summed E-state index contributed by atoms with van der Waals surface area (Å²) >= 11 is 0. The van der Waals surface area contributed by atoms with Crippen LogP contribution in [0.3, 0.4) is 0 Å². The van der Waals surface area contributed by atoms with Gasteiger partial charge in [0.1, 0.15) is 11.3 Å². The molecule has 82 valence electrons. The van der Waals surface area contributed by atoms with E-state index in [4.69, 9.17) is 4.42 Å². The summed E-state index contributed by atoms with van der Waals surface area (Å²) in [6.07, 6.45) is 1.08. The van der Waals surface area contributed by atoms with E-state index in [0.29, 0.717) is 29.2 Å². The number of aromatic hydroxyl groups is 1. The topological polar surface area (TPSA) is 67.5 Å². The van der Waals surface area contributed by atoms with Crippen LogP contribution in [0, 0.1) is 0 Å². The number of hydrogen-bond acceptors (Lipinski definition) is 4. The summed E-state index contributed by atoms with van der Waals surface area (Å²) in [7, 11) is 0. The Morgan fingerprint density at radius 1 is 1.38 bits per heavy atom. The molecule has 4 heteroatoms. The van der Waals surface area contributed by atoms with Crippen LogP contribution in [0.4, 0.5) is 0 Å². The lowest BCUT2D eigenvalue weighted by atomic mass is 10.1. The summed E-state index contributed by atoms with van der Waals surface area (Å²) in [6.45, 7) is 1.84. The molecule has 1 heterocycles. The SMILES string of the molecule is CCc1cc2cc(O)c(C=O)cc2oc1=O. The lowest BCUT2D eigenvalue weighted by Gasteiger charge is -2.02. The van der Waals surface area contributed by atoms with Crippen molar-refractivity contribution in [3.63, 3.8) is 0 Å². The van der Waals surface area contributed by atoms with E-state index >= 15 is 0 Å². The van der Waals surface area contributed by atoms with Crippen molar-refractivity contribution in [3.8, 4) is 5.75 Å². The fraction of sp³-hybridized carbons (Fsp3) is 0.167. The van der Waals surface area contributed by atoms with Crippen LogP contribution in [0.5, 0.6) is 5.75 Å². The molecule has 1 N–H and O–H groups in total. The highest BCUT2D eigenvalue weighted by Gasteiger charge is 2.07. The van der Waals surface area contributed by atoms with Crippen LogP contribution in [0.2, 0.25) is 0 Å². The van der Waals surface area contributed by atoms with Gasteiger partial charge in [-0.15, -0.1) is 0 Å². The zero-order valence-electron chi connectivity index (χ0n) is 8.69. The maximum atomic E-state index is 11.4. The van der Waals surface area contributed by atoms with E-state index < -0.39 is 5.63 Å². The van der Waals surface area contributed by atoms with Crippen LogP contribution in [0.25, 0.3) is 11.0 Å². The number of carbonyl (C=O) groups excluding carboxylic acids is 1. The third kappa shape index (κ3) is 1.58. The number of carbonyl (C=O) groups is 1. The Morgan fingerprint density at radius 2 is 2.12 bits per heavy atom. The van der Waals surface area contributed by atoms with Gasteiger partial charge in [0.25, 0.3) is 0 Å². The zero-order valence-corrected chi connectivity index (χ0v) is 8.69. The molecule has 0 saturated carbocycles. The molecule has 0 aliphatic rings. The van der Waals surface area contributed by atoms with Crippen molar-refractivity contribution >= 4 is 17.3 Å². The third-order valence-electron chi connectivity index (χ3n) is 2.46. The fourth-order valence-corrected chi connectivity index (χ4v) is 1.55. The van der Waals surface area contributed by atoms with Crippen molar-refractivity contribution in [2.45, 2.75) is 13.3 Å². The fourth-order valence-electron chi connectivity index (χ4n) is 1.55. The number of phenols is 1. The molecule has 0 bridgehead atoms. The molecule has 0 atom stereocenters. The van der Waals surface area contributed by atoms with Crippen molar-refractivity contribution in [1.29, 1.82) is 0 Å². The second-order valence-corrected chi connectivity index (χ2v) is 3.48. The van der Waals surface area contributed by atoms with Gasteiger partial charge in [-0.05, 0) is 24.6 Å². The van der Waals surface area contributed by atoms with E-state index in [2.05, 4.69) is 0 Å². The van der Waals surface area contributed by atoms with E-state index in [-0.39, 0.29) is 11.3 Å². The molecular weight excluding hydrogens is 208 g/mol. The number of aryl methyl sites for hydroxylation is 1. The second kappa shape index (κ2) is 3.81. The average molecular weight is 218 g/mol. The minimum absolute atomic E-state index is 0.111. The van der Waals surface area contributed by atoms with Gasteiger partial charge in [0.05, 0.1) is 5.56 Å². The predicted molar refractivity (Wildman–Crippen MR) is 58.9 cm³/mol. The molecule has 1 aromatic carbocycles. The lowest BCUT2D eigenvalue weighted by Crippen LogP contribution is -2.05. The summed E-state index contributed by atoms with van der Waals surface area (Å²) in [5, 5.41) is 10.1. The molecule has 0 unspecified atom stereocenters. The van der Waals surface area contributed by atoms with Gasteiger partial charge >= 0.3 is 5.63 Å². The van der Waals surface area contributed by atoms with Gasteiger partial charge in [0, 0.05) is 10.9 Å². The molecule has 1 aromatic heterocycles. The van der Waals surface area contributed by atoms with Gasteiger partial charge in [0.2, 0.25) is 0 Å². The smallest absolute Gasteiger partial charge is 0.339 e. The van der Waals surface area contributed by atoms with Crippen molar-refractivity contribution in [3.05, 3.63) is 39.7 Å². The average Bonchev–Trinajstić information content (AvgIpc) is 2.28. The Hall–Kier alpha value is -2.10. The van der Waals surface area contributed by atoms with Gasteiger partial charge in [-0.3, -0.25) is 4.79 Å². The van der Waals surface area contributed by atoms with Gasteiger partial charge < -0.3 is 9.52 Å². The second-order valence-electron chi connectivity index (χ2n) is 3.48. The minimum Gasteiger partial charge on any atom is -0.507 e.